The summed E-state index contributed by atoms with van der Waals surface area (Å²) in [4.78, 5) is 0. The van der Waals surface area contributed by atoms with Crippen LogP contribution >= 0.6 is 0 Å². The van der Waals surface area contributed by atoms with E-state index in [0.717, 1.165) is 6.54 Å². The van der Waals surface area contributed by atoms with Crippen LogP contribution in [0.5, 0.6) is 0 Å². The number of azo groups is 1. The van der Waals surface area contributed by atoms with Crippen molar-refractivity contribution in [3.63, 3.8) is 0 Å². The fourth-order valence-electron chi connectivity index (χ4n) is 2.14. The van der Waals surface area contributed by atoms with E-state index in [1.54, 1.807) is 12.4 Å². The van der Waals surface area contributed by atoms with E-state index in [1.807, 2.05) is 6.07 Å². The topological polar surface area (TPSA) is 36.8 Å². The van der Waals surface area contributed by atoms with Crippen molar-refractivity contribution < 1.29 is 0 Å². The molecule has 0 amide bonds. The van der Waals surface area contributed by atoms with E-state index < -0.39 is 0 Å². The quantitative estimate of drug-likeness (QED) is 0.682. The van der Waals surface area contributed by atoms with Crippen molar-refractivity contribution in [1.82, 2.24) is 0 Å². The van der Waals surface area contributed by atoms with Crippen LogP contribution in [-0.2, 0) is 5.41 Å². The van der Waals surface area contributed by atoms with Crippen LogP contribution in [0.1, 0.15) is 5.56 Å². The zero-order valence-corrected chi connectivity index (χ0v) is 8.22. The largest absolute Gasteiger partial charge is 0.383 e. The van der Waals surface area contributed by atoms with E-state index in [9.17, 15) is 0 Å². The molecule has 3 rings (SSSR count). The number of hydrogen-bond donors (Lipinski definition) is 1. The maximum Gasteiger partial charge on any atom is 0.0542 e. The molecule has 0 radical (unpaired) electrons. The SMILES string of the molecule is C1=CC2(C=CN=N1)CNc1ccccc12. The van der Waals surface area contributed by atoms with Gasteiger partial charge in [-0.3, -0.25) is 0 Å². The highest BCUT2D eigenvalue weighted by molar-refractivity contribution is 5.64. The van der Waals surface area contributed by atoms with Crippen LogP contribution in [0.3, 0.4) is 0 Å². The van der Waals surface area contributed by atoms with E-state index in [4.69, 9.17) is 0 Å². The van der Waals surface area contributed by atoms with Crippen molar-refractivity contribution >= 4 is 5.69 Å². The van der Waals surface area contributed by atoms with Crippen molar-refractivity contribution in [2.24, 2.45) is 10.2 Å². The highest BCUT2D eigenvalue weighted by atomic mass is 15.1. The molecule has 0 saturated heterocycles. The third-order valence-electron chi connectivity index (χ3n) is 2.94. The lowest BCUT2D eigenvalue weighted by Gasteiger charge is -2.19. The Bertz CT molecular complexity index is 456. The molecule has 1 aromatic rings. The van der Waals surface area contributed by atoms with Crippen molar-refractivity contribution in [1.29, 1.82) is 0 Å². The van der Waals surface area contributed by atoms with E-state index in [-0.39, 0.29) is 5.41 Å². The number of fused-ring (bicyclic) bond motifs is 2. The summed E-state index contributed by atoms with van der Waals surface area (Å²) in [5, 5.41) is 11.2. The Morgan fingerprint density at radius 1 is 1.07 bits per heavy atom. The zero-order valence-electron chi connectivity index (χ0n) is 8.22. The summed E-state index contributed by atoms with van der Waals surface area (Å²) in [5.74, 6) is 0. The molecule has 0 atom stereocenters. The Balaban J connectivity index is 2.16. The molecule has 3 heteroatoms. The van der Waals surface area contributed by atoms with Gasteiger partial charge in [0.05, 0.1) is 5.41 Å². The Labute approximate surface area is 88.2 Å². The van der Waals surface area contributed by atoms with Gasteiger partial charge < -0.3 is 5.32 Å². The number of anilines is 1. The first-order valence-electron chi connectivity index (χ1n) is 4.99. The highest BCUT2D eigenvalue weighted by Gasteiger charge is 2.34. The minimum Gasteiger partial charge on any atom is -0.383 e. The van der Waals surface area contributed by atoms with Crippen LogP contribution in [0.25, 0.3) is 0 Å². The third-order valence-corrected chi connectivity index (χ3v) is 2.94. The molecule has 0 bridgehead atoms. The minimum absolute atomic E-state index is 0.0694. The van der Waals surface area contributed by atoms with Gasteiger partial charge in [-0.15, -0.1) is 0 Å². The van der Waals surface area contributed by atoms with Gasteiger partial charge >= 0.3 is 0 Å². The summed E-state index contributed by atoms with van der Waals surface area (Å²) in [6.45, 7) is 0.879. The fraction of sp³-hybridized carbons (Fsp3) is 0.167. The average Bonchev–Trinajstić information content (AvgIpc) is 2.48. The lowest BCUT2D eigenvalue weighted by Crippen LogP contribution is -2.22. The monoisotopic (exact) mass is 197 g/mol. The van der Waals surface area contributed by atoms with Gasteiger partial charge in [0.15, 0.2) is 0 Å². The van der Waals surface area contributed by atoms with E-state index >= 15 is 0 Å². The minimum atomic E-state index is -0.0694. The van der Waals surface area contributed by atoms with Gasteiger partial charge in [0.1, 0.15) is 0 Å². The predicted molar refractivity (Wildman–Crippen MR) is 59.7 cm³/mol. The Morgan fingerprint density at radius 3 is 2.60 bits per heavy atom. The van der Waals surface area contributed by atoms with E-state index in [1.165, 1.54) is 11.3 Å². The standard InChI is InChI=1S/C12H11N3/c1-2-4-11-10(3-1)12(9-13-11)5-7-14-15-8-6-12/h1-8,13H,9H2. The molecule has 0 saturated carbocycles. The molecule has 1 N–H and O–H groups in total. The van der Waals surface area contributed by atoms with Crippen LogP contribution in [0.2, 0.25) is 0 Å². The van der Waals surface area contributed by atoms with Crippen LogP contribution in [0.15, 0.2) is 59.0 Å². The summed E-state index contributed by atoms with van der Waals surface area (Å²) in [6, 6.07) is 8.36. The molecule has 2 aliphatic rings. The van der Waals surface area contributed by atoms with E-state index in [2.05, 4.69) is 45.9 Å². The summed E-state index contributed by atoms with van der Waals surface area (Å²) in [6.07, 6.45) is 7.73. The molecule has 0 aliphatic carbocycles. The summed E-state index contributed by atoms with van der Waals surface area (Å²) >= 11 is 0. The van der Waals surface area contributed by atoms with Gasteiger partial charge in [0.25, 0.3) is 0 Å². The molecular weight excluding hydrogens is 186 g/mol. The Kier molecular flexibility index (Phi) is 1.71. The fourth-order valence-corrected chi connectivity index (χ4v) is 2.14. The number of nitrogens with zero attached hydrogens (tertiary/aromatic N) is 2. The molecule has 74 valence electrons. The van der Waals surface area contributed by atoms with Gasteiger partial charge in [0.2, 0.25) is 0 Å². The van der Waals surface area contributed by atoms with Crippen LogP contribution in [-0.4, -0.2) is 6.54 Å². The lowest BCUT2D eigenvalue weighted by molar-refractivity contribution is 0.748. The summed E-state index contributed by atoms with van der Waals surface area (Å²) in [7, 11) is 0. The smallest absolute Gasteiger partial charge is 0.0542 e. The third kappa shape index (κ3) is 1.20. The van der Waals surface area contributed by atoms with Crippen LogP contribution in [0, 0.1) is 0 Å². The normalized spacial score (nSPS) is 20.0. The van der Waals surface area contributed by atoms with Crippen LogP contribution in [0.4, 0.5) is 5.69 Å². The second-order valence-corrected chi connectivity index (χ2v) is 3.80. The molecular formula is C12H11N3. The second-order valence-electron chi connectivity index (χ2n) is 3.80. The van der Waals surface area contributed by atoms with Gasteiger partial charge in [0, 0.05) is 24.6 Å². The van der Waals surface area contributed by atoms with Crippen molar-refractivity contribution in [3.8, 4) is 0 Å². The van der Waals surface area contributed by atoms with Gasteiger partial charge in [-0.25, -0.2) is 0 Å². The highest BCUT2D eigenvalue weighted by Crippen LogP contribution is 2.39. The number of rotatable bonds is 0. The number of nitrogens with one attached hydrogen (secondary N) is 1. The molecule has 3 nitrogen and oxygen atoms in total. The first-order chi connectivity index (χ1) is 7.41. The summed E-state index contributed by atoms with van der Waals surface area (Å²) in [5.41, 5.74) is 2.43. The van der Waals surface area contributed by atoms with Crippen LogP contribution < -0.4 is 5.32 Å². The molecule has 15 heavy (non-hydrogen) atoms. The predicted octanol–water partition coefficient (Wildman–Crippen LogP) is 2.84. The molecule has 0 aromatic heterocycles. The number of para-hydroxylation sites is 1. The lowest BCUT2D eigenvalue weighted by atomic mass is 9.82. The van der Waals surface area contributed by atoms with Crippen molar-refractivity contribution in [3.05, 3.63) is 54.4 Å². The number of hydrogen-bond acceptors (Lipinski definition) is 3. The van der Waals surface area contributed by atoms with E-state index in [0.29, 0.717) is 0 Å². The first kappa shape index (κ1) is 8.41. The van der Waals surface area contributed by atoms with Gasteiger partial charge in [-0.1, -0.05) is 18.2 Å². The summed E-state index contributed by atoms with van der Waals surface area (Å²) < 4.78 is 0. The Morgan fingerprint density at radius 2 is 1.80 bits per heavy atom. The average molecular weight is 197 g/mol. The second kappa shape index (κ2) is 3.05. The van der Waals surface area contributed by atoms with Crippen molar-refractivity contribution in [2.45, 2.75) is 5.41 Å². The number of benzene rings is 1. The molecule has 1 spiro atoms. The zero-order chi connectivity index (χ0) is 10.1. The van der Waals surface area contributed by atoms with Gasteiger partial charge in [-0.05, 0) is 23.8 Å². The van der Waals surface area contributed by atoms with Crippen molar-refractivity contribution in [2.75, 3.05) is 11.9 Å². The maximum absolute atomic E-state index is 3.89. The molecule has 1 aromatic carbocycles. The van der Waals surface area contributed by atoms with Gasteiger partial charge in [-0.2, -0.15) is 10.2 Å². The Hall–Kier alpha value is -1.90. The molecule has 2 aliphatic heterocycles. The molecule has 2 heterocycles. The molecule has 0 fully saturated rings. The maximum atomic E-state index is 3.89. The first-order valence-corrected chi connectivity index (χ1v) is 4.99. The molecule has 0 unspecified atom stereocenters.